The molecule has 10 aromatic rings. The first-order chi connectivity index (χ1) is 48.0. The van der Waals surface area contributed by atoms with Crippen LogP contribution in [0.3, 0.4) is 0 Å². The highest BCUT2D eigenvalue weighted by atomic mass is 79.9. The summed E-state index contributed by atoms with van der Waals surface area (Å²) in [7, 11) is 0. The molecule has 0 radical (unpaired) electrons. The number of hydrogen-bond donors (Lipinski definition) is 0. The Kier molecular flexibility index (Phi) is 16.2. The Balaban J connectivity index is 0.647. The number of anilines is 4. The Morgan fingerprint density at radius 2 is 0.614 bits per heavy atom. The van der Waals surface area contributed by atoms with Crippen molar-refractivity contribution in [1.29, 1.82) is 0 Å². The van der Waals surface area contributed by atoms with E-state index in [4.69, 9.17) is 9.47 Å². The summed E-state index contributed by atoms with van der Waals surface area (Å²) < 4.78 is 104. The number of nitro benzene ring substituents is 2. The molecule has 30 heteroatoms. The molecule has 101 heavy (non-hydrogen) atoms. The molecule has 0 N–H and O–H groups in total. The molecule has 14 rings (SSSR count). The number of benzene rings is 10. The van der Waals surface area contributed by atoms with E-state index in [1.165, 1.54) is 121 Å². The number of nitro groups is 2. The maximum Gasteiger partial charge on any atom is 0.411 e. The van der Waals surface area contributed by atoms with Crippen LogP contribution in [0.5, 0.6) is 23.0 Å². The van der Waals surface area contributed by atoms with E-state index in [-0.39, 0.29) is 142 Å². The Labute approximate surface area is 595 Å². The van der Waals surface area contributed by atoms with Gasteiger partial charge in [0.25, 0.3) is 58.6 Å². The number of carbonyl (C=O) groups excluding carboxylic acids is 8. The summed E-state index contributed by atoms with van der Waals surface area (Å²) in [6.07, 6.45) is -12.0. The Bertz CT molecular complexity index is 5370. The maximum atomic E-state index is 15.4. The summed E-state index contributed by atoms with van der Waals surface area (Å²) in [6.45, 7) is 0. The van der Waals surface area contributed by atoms with Gasteiger partial charge in [-0.3, -0.25) is 58.6 Å². The molecule has 20 nitrogen and oxygen atoms in total. The molecular formula is C71H32Br4F6N6O14. The summed E-state index contributed by atoms with van der Waals surface area (Å²) in [5, 5.41) is 22.9. The zero-order valence-corrected chi connectivity index (χ0v) is 56.5. The van der Waals surface area contributed by atoms with E-state index in [1.807, 2.05) is 0 Å². The zero-order valence-electron chi connectivity index (χ0n) is 50.2. The maximum absolute atomic E-state index is 15.4. The number of hydrogen-bond acceptors (Lipinski definition) is 14. The predicted octanol–water partition coefficient (Wildman–Crippen LogP) is 18.1. The quantitative estimate of drug-likeness (QED) is 0.0425. The summed E-state index contributed by atoms with van der Waals surface area (Å²) in [5.41, 5.74) is -6.81. The van der Waals surface area contributed by atoms with Gasteiger partial charge in [-0.05, 0) is 206 Å². The van der Waals surface area contributed by atoms with Gasteiger partial charge in [0.15, 0.2) is 0 Å². The lowest BCUT2D eigenvalue weighted by Gasteiger charge is -2.38. The zero-order chi connectivity index (χ0) is 71.8. The minimum Gasteiger partial charge on any atom is -0.457 e. The van der Waals surface area contributed by atoms with Crippen LogP contribution in [-0.4, -0.2) is 69.5 Å². The van der Waals surface area contributed by atoms with Crippen LogP contribution in [0.4, 0.5) is 60.5 Å². The van der Waals surface area contributed by atoms with Crippen molar-refractivity contribution < 1.29 is 84.0 Å². The van der Waals surface area contributed by atoms with Crippen LogP contribution in [0.15, 0.2) is 212 Å². The smallest absolute Gasteiger partial charge is 0.411 e. The van der Waals surface area contributed by atoms with Crippen molar-refractivity contribution >= 4 is 145 Å². The lowest BCUT2D eigenvalue weighted by Crippen LogP contribution is -2.54. The fourth-order valence-electron chi connectivity index (χ4n) is 12.6. The Hall–Kier alpha value is -11.3. The van der Waals surface area contributed by atoms with E-state index in [0.29, 0.717) is 24.3 Å². The number of rotatable bonds is 14. The molecule has 0 spiro atoms. The fraction of sp³-hybridized carbons (Fsp3) is 0.0423. The second-order valence-corrected chi connectivity index (χ2v) is 26.2. The number of halogens is 10. The highest BCUT2D eigenvalue weighted by molar-refractivity contribution is 9.11. The standard InChI is InChI=1S/C71H32Br4F6N6O14/c72-53-29-39(86(96)97)30-54(73)59(53)84-62(89)48-26-8-34(28-52(48)66(84)93)45-3-1-5-49-57(45)67(94)83(63(49)90)38-15-23-44(24-16-38)101-42-19-11-36(12-20-42)69(70(76,77)78,71(79,80)81)35-9-17-41(18-10-35)100-43-21-13-37(14-22-43)82-61(88)47-25-7-33(27-51(47)65(82)92)46-4-2-6-50-58(46)68(95)85(64(50)91)60-55(74)31-40(87(98)99)32-56(60)75/h1-32H. The molecule has 0 aliphatic carbocycles. The normalized spacial score (nSPS) is 14.3. The number of ether oxygens (including phenoxy) is 2. The van der Waals surface area contributed by atoms with Crippen molar-refractivity contribution in [3.05, 3.63) is 288 Å². The summed E-state index contributed by atoms with van der Waals surface area (Å²) in [6, 6.07) is 38.5. The molecule has 4 aliphatic rings. The number of amides is 8. The van der Waals surface area contributed by atoms with Gasteiger partial charge in [0.05, 0.1) is 77.1 Å². The van der Waals surface area contributed by atoms with Gasteiger partial charge in [0.2, 0.25) is 5.41 Å². The number of non-ortho nitro benzene ring substituents is 2. The molecule has 4 aliphatic heterocycles. The van der Waals surface area contributed by atoms with Gasteiger partial charge in [-0.1, -0.05) is 60.7 Å². The van der Waals surface area contributed by atoms with E-state index in [1.54, 1.807) is 0 Å². The third-order valence-corrected chi connectivity index (χ3v) is 19.6. The van der Waals surface area contributed by atoms with Crippen molar-refractivity contribution in [3.8, 4) is 45.3 Å². The van der Waals surface area contributed by atoms with Gasteiger partial charge in [0, 0.05) is 42.2 Å². The molecule has 0 atom stereocenters. The van der Waals surface area contributed by atoms with E-state index >= 15 is 26.3 Å². The second-order valence-electron chi connectivity index (χ2n) is 22.8. The number of nitrogens with zero attached hydrogens (tertiary/aromatic N) is 6. The molecule has 4 heterocycles. The average molecular weight is 1630 g/mol. The largest absolute Gasteiger partial charge is 0.457 e. The fourth-order valence-corrected chi connectivity index (χ4v) is 15.6. The van der Waals surface area contributed by atoms with E-state index in [2.05, 4.69) is 63.7 Å². The molecular weight excluding hydrogens is 1590 g/mol. The van der Waals surface area contributed by atoms with Gasteiger partial charge in [-0.15, -0.1) is 0 Å². The van der Waals surface area contributed by atoms with E-state index < -0.39 is 86.0 Å². The first-order valence-electron chi connectivity index (χ1n) is 29.3. The van der Waals surface area contributed by atoms with Crippen molar-refractivity contribution in [2.45, 2.75) is 17.8 Å². The van der Waals surface area contributed by atoms with Crippen LogP contribution in [0.1, 0.15) is 94.0 Å². The molecule has 500 valence electrons. The molecule has 0 unspecified atom stereocenters. The number of fused-ring (bicyclic) bond motifs is 4. The first kappa shape index (κ1) is 66.9. The monoisotopic (exact) mass is 1620 g/mol. The van der Waals surface area contributed by atoms with Gasteiger partial charge in [0.1, 0.15) is 23.0 Å². The average Bonchev–Trinajstić information content (AvgIpc) is 1.72. The lowest BCUT2D eigenvalue weighted by atomic mass is 9.73. The van der Waals surface area contributed by atoms with Crippen molar-refractivity contribution in [1.82, 2.24) is 0 Å². The molecule has 0 saturated heterocycles. The summed E-state index contributed by atoms with van der Waals surface area (Å²) >= 11 is 12.9. The highest BCUT2D eigenvalue weighted by Gasteiger charge is 2.72. The summed E-state index contributed by atoms with van der Waals surface area (Å²) in [4.78, 5) is 137. The van der Waals surface area contributed by atoms with Crippen LogP contribution < -0.4 is 29.1 Å². The van der Waals surface area contributed by atoms with Crippen LogP contribution in [0.25, 0.3) is 22.3 Å². The van der Waals surface area contributed by atoms with Gasteiger partial charge in [-0.25, -0.2) is 19.6 Å². The Morgan fingerprint density at radius 1 is 0.327 bits per heavy atom. The molecule has 8 amide bonds. The third kappa shape index (κ3) is 10.8. The van der Waals surface area contributed by atoms with Crippen molar-refractivity contribution in [2.24, 2.45) is 0 Å². The van der Waals surface area contributed by atoms with Gasteiger partial charge < -0.3 is 9.47 Å². The molecule has 0 bridgehead atoms. The van der Waals surface area contributed by atoms with E-state index in [9.17, 15) is 58.6 Å². The van der Waals surface area contributed by atoms with Crippen LogP contribution in [0, 0.1) is 20.2 Å². The molecule has 0 fully saturated rings. The topological polar surface area (TPSA) is 254 Å². The minimum atomic E-state index is -5.99. The van der Waals surface area contributed by atoms with Crippen LogP contribution >= 0.6 is 63.7 Å². The van der Waals surface area contributed by atoms with E-state index in [0.717, 1.165) is 68.1 Å². The first-order valence-corrected chi connectivity index (χ1v) is 32.4. The SMILES string of the molecule is O=C1c2ccc(-c3cccc4c3C(=O)N(c3c(Br)cc([N+](=O)[O-])cc3Br)C4=O)cc2C(=O)N1c1ccc(Oc2ccc(C(c3ccc(Oc4ccc(N5C(=O)c6cccc(-c7ccc8c(c7)C(=O)N(c7c(Br)cc([N+](=O)[O-])cc7Br)C8=O)c6C5=O)cc4)cc3)(C(F)(F)F)C(F)(F)F)cc2)cc1. The van der Waals surface area contributed by atoms with Crippen molar-refractivity contribution in [2.75, 3.05) is 19.6 Å². The van der Waals surface area contributed by atoms with Crippen molar-refractivity contribution in [3.63, 3.8) is 0 Å². The van der Waals surface area contributed by atoms with Crippen LogP contribution in [0.2, 0.25) is 0 Å². The second kappa shape index (κ2) is 24.5. The van der Waals surface area contributed by atoms with Gasteiger partial charge in [-0.2, -0.15) is 26.3 Å². The number of imide groups is 4. The minimum absolute atomic E-state index is 0.00266. The highest BCUT2D eigenvalue weighted by Crippen LogP contribution is 2.57. The lowest BCUT2D eigenvalue weighted by molar-refractivity contribution is -0.385. The molecule has 10 aromatic carbocycles. The summed E-state index contributed by atoms with van der Waals surface area (Å²) in [5.74, 6) is -6.46. The third-order valence-electron chi connectivity index (χ3n) is 17.2. The molecule has 0 aromatic heterocycles. The number of carbonyl (C=O) groups is 8. The van der Waals surface area contributed by atoms with Gasteiger partial charge >= 0.3 is 12.4 Å². The van der Waals surface area contributed by atoms with Crippen LogP contribution in [-0.2, 0) is 5.41 Å². The predicted molar refractivity (Wildman–Crippen MR) is 364 cm³/mol. The molecule has 0 saturated carbocycles. The Morgan fingerprint density at radius 3 is 0.980 bits per heavy atom. The number of alkyl halides is 6.